The normalized spacial score (nSPS) is 11.3. The lowest BCUT2D eigenvalue weighted by Crippen LogP contribution is -1.93. The van der Waals surface area contributed by atoms with Crippen LogP contribution in [0.1, 0.15) is 12.1 Å². The highest BCUT2D eigenvalue weighted by Crippen LogP contribution is 2.10. The Kier molecular flexibility index (Phi) is 2.78. The molecule has 2 rings (SSSR count). The van der Waals surface area contributed by atoms with E-state index in [9.17, 15) is 4.79 Å². The molecule has 0 unspecified atom stereocenters. The van der Waals surface area contributed by atoms with E-state index in [1.165, 1.54) is 0 Å². The van der Waals surface area contributed by atoms with Gasteiger partial charge < -0.3 is 4.79 Å². The number of nitrogens with zero attached hydrogens (tertiary/aromatic N) is 3. The fourth-order valence-corrected chi connectivity index (χ4v) is 1.37. The summed E-state index contributed by atoms with van der Waals surface area (Å²) in [7, 11) is 0. The summed E-state index contributed by atoms with van der Waals surface area (Å²) in [4.78, 5) is 14.3. The van der Waals surface area contributed by atoms with E-state index >= 15 is 0 Å². The first kappa shape index (κ1) is 9.86. The van der Waals surface area contributed by atoms with Crippen molar-refractivity contribution in [2.45, 2.75) is 6.42 Å². The Morgan fingerprint density at radius 1 is 1.47 bits per heavy atom. The predicted octanol–water partition coefficient (Wildman–Crippen LogP) is 1.98. The van der Waals surface area contributed by atoms with Crippen LogP contribution in [0.15, 0.2) is 24.4 Å². The van der Waals surface area contributed by atoms with Crippen molar-refractivity contribution in [2.75, 3.05) is 0 Å². The predicted molar refractivity (Wildman–Crippen MR) is 57.7 cm³/mol. The van der Waals surface area contributed by atoms with Gasteiger partial charge >= 0.3 is 0 Å². The minimum atomic E-state index is 0.383. The molecule has 0 atom stereocenters. The van der Waals surface area contributed by atoms with Gasteiger partial charge in [-0.25, -0.2) is 9.50 Å². The standard InChI is InChI=1S/C10H8ClN3O/c11-9-4-5-10-12-7-8(14(10)13-9)3-1-2-6-15/h1,3-7H,2H2. The van der Waals surface area contributed by atoms with Gasteiger partial charge in [0.15, 0.2) is 5.65 Å². The Balaban J connectivity index is 2.43. The van der Waals surface area contributed by atoms with Crippen molar-refractivity contribution >= 4 is 29.6 Å². The van der Waals surface area contributed by atoms with Crippen LogP contribution in [0.3, 0.4) is 0 Å². The number of hydrogen-bond acceptors (Lipinski definition) is 3. The van der Waals surface area contributed by atoms with E-state index in [-0.39, 0.29) is 0 Å². The highest BCUT2D eigenvalue weighted by molar-refractivity contribution is 6.29. The lowest BCUT2D eigenvalue weighted by atomic mass is 10.3. The molecule has 15 heavy (non-hydrogen) atoms. The molecule has 5 heteroatoms. The maximum atomic E-state index is 10.1. The SMILES string of the molecule is O=CCC=Cc1cnc2ccc(Cl)nn12. The summed E-state index contributed by atoms with van der Waals surface area (Å²) in [5.74, 6) is 0. The van der Waals surface area contributed by atoms with Crippen LogP contribution in [0.4, 0.5) is 0 Å². The number of halogens is 1. The minimum absolute atomic E-state index is 0.383. The molecule has 0 aliphatic carbocycles. The number of allylic oxidation sites excluding steroid dienone is 1. The zero-order valence-corrected chi connectivity index (χ0v) is 8.55. The van der Waals surface area contributed by atoms with E-state index in [2.05, 4.69) is 10.1 Å². The largest absolute Gasteiger partial charge is 0.303 e. The zero-order chi connectivity index (χ0) is 10.7. The van der Waals surface area contributed by atoms with Crippen LogP contribution in [0.5, 0.6) is 0 Å². The van der Waals surface area contributed by atoms with Crippen LogP contribution in [0, 0.1) is 0 Å². The van der Waals surface area contributed by atoms with Crippen LogP contribution in [-0.2, 0) is 4.79 Å². The molecule has 0 amide bonds. The van der Waals surface area contributed by atoms with E-state index in [0.717, 1.165) is 17.6 Å². The maximum Gasteiger partial charge on any atom is 0.154 e. The minimum Gasteiger partial charge on any atom is -0.303 e. The molecular formula is C10H8ClN3O. The fourth-order valence-electron chi connectivity index (χ4n) is 1.23. The first-order valence-corrected chi connectivity index (χ1v) is 4.79. The van der Waals surface area contributed by atoms with Crippen LogP contribution < -0.4 is 0 Å². The monoisotopic (exact) mass is 221 g/mol. The Morgan fingerprint density at radius 3 is 3.13 bits per heavy atom. The van der Waals surface area contributed by atoms with E-state index in [1.54, 1.807) is 35.0 Å². The van der Waals surface area contributed by atoms with Crippen molar-refractivity contribution in [2.24, 2.45) is 0 Å². The summed E-state index contributed by atoms with van der Waals surface area (Å²) in [6, 6.07) is 3.47. The molecule has 0 spiro atoms. The van der Waals surface area contributed by atoms with Gasteiger partial charge in [-0.2, -0.15) is 5.10 Å². The average Bonchev–Trinajstić information content (AvgIpc) is 2.62. The molecule has 0 aliphatic rings. The van der Waals surface area contributed by atoms with Gasteiger partial charge in [0, 0.05) is 6.42 Å². The highest BCUT2D eigenvalue weighted by atomic mass is 35.5. The number of hydrogen-bond donors (Lipinski definition) is 0. The Labute approximate surface area is 91.2 Å². The van der Waals surface area contributed by atoms with Crippen LogP contribution in [0.25, 0.3) is 11.7 Å². The molecule has 0 aliphatic heterocycles. The molecule has 4 nitrogen and oxygen atoms in total. The molecule has 0 radical (unpaired) electrons. The van der Waals surface area contributed by atoms with Crippen LogP contribution in [-0.4, -0.2) is 20.9 Å². The molecule has 0 fully saturated rings. The second-order valence-electron chi connectivity index (χ2n) is 2.91. The second-order valence-corrected chi connectivity index (χ2v) is 3.30. The number of rotatable bonds is 3. The Morgan fingerprint density at radius 2 is 2.33 bits per heavy atom. The van der Waals surface area contributed by atoms with Gasteiger partial charge in [0.05, 0.1) is 11.9 Å². The maximum absolute atomic E-state index is 10.1. The number of carbonyl (C=O) groups excluding carboxylic acids is 1. The zero-order valence-electron chi connectivity index (χ0n) is 7.80. The third kappa shape index (κ3) is 2.05. The second kappa shape index (κ2) is 4.23. The van der Waals surface area contributed by atoms with Crippen LogP contribution >= 0.6 is 11.6 Å². The van der Waals surface area contributed by atoms with Crippen molar-refractivity contribution in [1.29, 1.82) is 0 Å². The summed E-state index contributed by atoms with van der Waals surface area (Å²) in [6.45, 7) is 0. The van der Waals surface area contributed by atoms with Crippen molar-refractivity contribution in [1.82, 2.24) is 14.6 Å². The number of aromatic nitrogens is 3. The Bertz CT molecular complexity index is 518. The summed E-state index contributed by atoms with van der Waals surface area (Å²) in [5.41, 5.74) is 1.53. The molecule has 2 aromatic rings. The van der Waals surface area contributed by atoms with E-state index in [4.69, 9.17) is 11.6 Å². The lowest BCUT2D eigenvalue weighted by molar-refractivity contribution is -0.107. The van der Waals surface area contributed by atoms with Gasteiger partial charge in [0.2, 0.25) is 0 Å². The molecule has 2 aromatic heterocycles. The molecule has 2 heterocycles. The highest BCUT2D eigenvalue weighted by Gasteiger charge is 2.01. The number of fused-ring (bicyclic) bond motifs is 1. The quantitative estimate of drug-likeness (QED) is 0.745. The third-order valence-corrected chi connectivity index (χ3v) is 2.08. The van der Waals surface area contributed by atoms with Gasteiger partial charge in [-0.3, -0.25) is 0 Å². The molecule has 0 bridgehead atoms. The lowest BCUT2D eigenvalue weighted by Gasteiger charge is -1.95. The number of carbonyl (C=O) groups is 1. The first-order valence-electron chi connectivity index (χ1n) is 4.42. The van der Waals surface area contributed by atoms with Crippen molar-refractivity contribution in [3.8, 4) is 0 Å². The summed E-state index contributed by atoms with van der Waals surface area (Å²) in [6.07, 6.45) is 6.44. The van der Waals surface area contributed by atoms with Crippen molar-refractivity contribution in [3.63, 3.8) is 0 Å². The molecule has 0 saturated carbocycles. The van der Waals surface area contributed by atoms with Crippen molar-refractivity contribution in [3.05, 3.63) is 35.3 Å². The van der Waals surface area contributed by atoms with E-state index < -0.39 is 0 Å². The first-order chi connectivity index (χ1) is 7.31. The Hall–Kier alpha value is -1.68. The summed E-state index contributed by atoms with van der Waals surface area (Å²) < 4.78 is 1.63. The molecule has 0 aromatic carbocycles. The fraction of sp³-hybridized carbons (Fsp3) is 0.100. The van der Waals surface area contributed by atoms with Gasteiger partial charge in [0.1, 0.15) is 11.4 Å². The molecule has 76 valence electrons. The topological polar surface area (TPSA) is 47.3 Å². The van der Waals surface area contributed by atoms with Crippen LogP contribution in [0.2, 0.25) is 5.15 Å². The third-order valence-electron chi connectivity index (χ3n) is 1.88. The van der Waals surface area contributed by atoms with E-state index in [0.29, 0.717) is 11.6 Å². The van der Waals surface area contributed by atoms with Gasteiger partial charge in [-0.05, 0) is 18.2 Å². The molecule has 0 N–H and O–H groups in total. The molecular weight excluding hydrogens is 214 g/mol. The molecule has 0 saturated heterocycles. The summed E-state index contributed by atoms with van der Waals surface area (Å²) >= 11 is 5.77. The van der Waals surface area contributed by atoms with E-state index in [1.807, 2.05) is 0 Å². The smallest absolute Gasteiger partial charge is 0.154 e. The summed E-state index contributed by atoms with van der Waals surface area (Å²) in [5, 5.41) is 4.50. The van der Waals surface area contributed by atoms with Gasteiger partial charge in [-0.15, -0.1) is 0 Å². The number of imidazole rings is 1. The van der Waals surface area contributed by atoms with Gasteiger partial charge in [0.25, 0.3) is 0 Å². The van der Waals surface area contributed by atoms with Crippen molar-refractivity contribution < 1.29 is 4.79 Å². The number of aldehydes is 1. The van der Waals surface area contributed by atoms with Gasteiger partial charge in [-0.1, -0.05) is 17.7 Å². The average molecular weight is 222 g/mol.